The minimum Gasteiger partial charge on any atom is -0.480 e. The van der Waals surface area contributed by atoms with Gasteiger partial charge in [-0.1, -0.05) is 77.4 Å². The molecule has 2 amide bonds. The van der Waals surface area contributed by atoms with E-state index in [1.54, 1.807) is 61.5 Å². The van der Waals surface area contributed by atoms with Crippen molar-refractivity contribution in [2.75, 3.05) is 0 Å². The molecule has 9 nitrogen and oxygen atoms in total. The molecular weight excluding hydrogens is 522 g/mol. The highest BCUT2D eigenvalue weighted by atomic mass is 35.5. The Morgan fingerprint density at radius 2 is 1.69 bits per heavy atom. The second kappa shape index (κ2) is 12.7. The molecule has 0 bridgehead atoms. The van der Waals surface area contributed by atoms with Crippen LogP contribution in [0.25, 0.3) is 11.3 Å². The lowest BCUT2D eigenvalue weighted by Crippen LogP contribution is -2.42. The van der Waals surface area contributed by atoms with Crippen LogP contribution in [0.2, 0.25) is 5.02 Å². The fourth-order valence-corrected chi connectivity index (χ4v) is 4.22. The lowest BCUT2D eigenvalue weighted by atomic mass is 10.0. The predicted molar refractivity (Wildman–Crippen MR) is 144 cm³/mol. The number of carboxylic acids is 1. The number of nitrogens with zero attached hydrogens (tertiary/aromatic N) is 1. The molecule has 3 aromatic carbocycles. The van der Waals surface area contributed by atoms with Gasteiger partial charge in [0.15, 0.2) is 0 Å². The van der Waals surface area contributed by atoms with E-state index in [1.165, 1.54) is 6.26 Å². The number of amides is 2. The van der Waals surface area contributed by atoms with Crippen LogP contribution in [0.5, 0.6) is 0 Å². The Morgan fingerprint density at radius 3 is 2.38 bits per heavy atom. The Morgan fingerprint density at radius 1 is 1.00 bits per heavy atom. The molecule has 0 aliphatic heterocycles. The first-order chi connectivity index (χ1) is 18.8. The molecule has 2 atom stereocenters. The molecule has 2 unspecified atom stereocenters. The summed E-state index contributed by atoms with van der Waals surface area (Å²) in [5, 5.41) is 19.3. The van der Waals surface area contributed by atoms with Crippen LogP contribution < -0.4 is 10.6 Å². The van der Waals surface area contributed by atoms with Crippen LogP contribution in [-0.2, 0) is 22.5 Å². The van der Waals surface area contributed by atoms with Gasteiger partial charge in [-0.05, 0) is 30.7 Å². The SMILES string of the molecule is CC(OC(=O)NCc1conc1-c1ccc(C(=O)NC(Cc2ccccc2)C(=O)O)cc1)c1ccccc1Cl. The largest absolute Gasteiger partial charge is 0.480 e. The Balaban J connectivity index is 1.36. The Kier molecular flexibility index (Phi) is 8.96. The number of nitrogens with one attached hydrogen (secondary N) is 2. The van der Waals surface area contributed by atoms with Gasteiger partial charge in [-0.2, -0.15) is 0 Å². The first-order valence-electron chi connectivity index (χ1n) is 12.1. The van der Waals surface area contributed by atoms with Crippen molar-refractivity contribution in [3.8, 4) is 11.3 Å². The van der Waals surface area contributed by atoms with Gasteiger partial charge in [-0.25, -0.2) is 9.59 Å². The molecule has 0 aliphatic carbocycles. The van der Waals surface area contributed by atoms with Crippen molar-refractivity contribution >= 4 is 29.6 Å². The second-order valence-electron chi connectivity index (χ2n) is 8.74. The van der Waals surface area contributed by atoms with E-state index < -0.39 is 30.1 Å². The van der Waals surface area contributed by atoms with E-state index in [-0.39, 0.29) is 13.0 Å². The molecule has 1 aromatic heterocycles. The summed E-state index contributed by atoms with van der Waals surface area (Å²) in [4.78, 5) is 36.8. The summed E-state index contributed by atoms with van der Waals surface area (Å²) in [5.41, 5.74) is 3.51. The molecule has 4 rings (SSSR count). The van der Waals surface area contributed by atoms with Crippen LogP contribution in [0, 0.1) is 0 Å². The molecule has 10 heteroatoms. The van der Waals surface area contributed by atoms with Crippen LogP contribution in [-0.4, -0.2) is 34.3 Å². The topological polar surface area (TPSA) is 131 Å². The van der Waals surface area contributed by atoms with Gasteiger partial charge in [0, 0.05) is 33.7 Å². The smallest absolute Gasteiger partial charge is 0.408 e. The Bertz CT molecular complexity index is 1440. The fourth-order valence-electron chi connectivity index (χ4n) is 3.93. The number of halogens is 1. The van der Waals surface area contributed by atoms with Crippen molar-refractivity contribution in [2.24, 2.45) is 0 Å². The molecule has 3 N–H and O–H groups in total. The van der Waals surface area contributed by atoms with E-state index >= 15 is 0 Å². The molecule has 0 saturated heterocycles. The van der Waals surface area contributed by atoms with Crippen molar-refractivity contribution in [1.82, 2.24) is 15.8 Å². The lowest BCUT2D eigenvalue weighted by Gasteiger charge is -2.15. The quantitative estimate of drug-likeness (QED) is 0.242. The molecule has 200 valence electrons. The molecule has 0 saturated carbocycles. The molecule has 0 radical (unpaired) electrons. The number of ether oxygens (including phenoxy) is 1. The fraction of sp³-hybridized carbons (Fsp3) is 0.172. The summed E-state index contributed by atoms with van der Waals surface area (Å²) < 4.78 is 10.5. The third-order valence-corrected chi connectivity index (χ3v) is 6.34. The summed E-state index contributed by atoms with van der Waals surface area (Å²) >= 11 is 6.17. The molecule has 1 heterocycles. The summed E-state index contributed by atoms with van der Waals surface area (Å²) in [7, 11) is 0. The van der Waals surface area contributed by atoms with Crippen LogP contribution in [0.4, 0.5) is 4.79 Å². The number of rotatable bonds is 10. The minimum atomic E-state index is -1.12. The maximum Gasteiger partial charge on any atom is 0.408 e. The van der Waals surface area contributed by atoms with Gasteiger partial charge in [0.05, 0.1) is 6.54 Å². The van der Waals surface area contributed by atoms with E-state index in [4.69, 9.17) is 20.9 Å². The van der Waals surface area contributed by atoms with Crippen LogP contribution in [0.1, 0.15) is 40.1 Å². The lowest BCUT2D eigenvalue weighted by molar-refractivity contribution is -0.139. The summed E-state index contributed by atoms with van der Waals surface area (Å²) in [6, 6.07) is 21.6. The van der Waals surface area contributed by atoms with Crippen molar-refractivity contribution < 1.29 is 28.8 Å². The zero-order valence-electron chi connectivity index (χ0n) is 21.0. The first kappa shape index (κ1) is 27.4. The molecule has 0 aliphatic rings. The number of alkyl carbamates (subject to hydrolysis) is 1. The molecule has 4 aromatic rings. The van der Waals surface area contributed by atoms with E-state index in [9.17, 15) is 19.5 Å². The van der Waals surface area contributed by atoms with Gasteiger partial charge in [0.1, 0.15) is 24.1 Å². The Hall–Kier alpha value is -4.63. The van der Waals surface area contributed by atoms with Gasteiger partial charge >= 0.3 is 12.1 Å². The molecular formula is C29H26ClN3O6. The third kappa shape index (κ3) is 7.24. The first-order valence-corrected chi connectivity index (χ1v) is 12.5. The van der Waals surface area contributed by atoms with Crippen molar-refractivity contribution in [2.45, 2.75) is 32.0 Å². The number of aromatic nitrogens is 1. The minimum absolute atomic E-state index is 0.0922. The van der Waals surface area contributed by atoms with Crippen molar-refractivity contribution in [3.63, 3.8) is 0 Å². The summed E-state index contributed by atoms with van der Waals surface area (Å²) in [6.07, 6.45) is 0.391. The Labute approximate surface area is 229 Å². The number of carbonyl (C=O) groups is 3. The molecule has 0 fully saturated rings. The van der Waals surface area contributed by atoms with Gasteiger partial charge in [0.25, 0.3) is 5.91 Å². The second-order valence-corrected chi connectivity index (χ2v) is 9.15. The van der Waals surface area contributed by atoms with Crippen LogP contribution in [0.3, 0.4) is 0 Å². The van der Waals surface area contributed by atoms with Crippen LogP contribution in [0.15, 0.2) is 89.6 Å². The highest BCUT2D eigenvalue weighted by Gasteiger charge is 2.22. The number of carboxylic acid groups (broad SMARTS) is 1. The van der Waals surface area contributed by atoms with E-state index in [2.05, 4.69) is 15.8 Å². The average Bonchev–Trinajstić information content (AvgIpc) is 3.41. The number of hydrogen-bond donors (Lipinski definition) is 3. The maximum atomic E-state index is 12.7. The number of aliphatic carboxylic acids is 1. The van der Waals surface area contributed by atoms with Gasteiger partial charge in [0.2, 0.25) is 0 Å². The number of hydrogen-bond acceptors (Lipinski definition) is 6. The van der Waals surface area contributed by atoms with E-state index in [1.807, 2.05) is 24.3 Å². The molecule has 0 spiro atoms. The molecule has 39 heavy (non-hydrogen) atoms. The summed E-state index contributed by atoms with van der Waals surface area (Å²) in [5.74, 6) is -1.63. The highest BCUT2D eigenvalue weighted by Crippen LogP contribution is 2.26. The highest BCUT2D eigenvalue weighted by molar-refractivity contribution is 6.31. The average molecular weight is 548 g/mol. The van der Waals surface area contributed by atoms with Crippen molar-refractivity contribution in [1.29, 1.82) is 0 Å². The normalized spacial score (nSPS) is 12.3. The number of benzene rings is 3. The maximum absolute atomic E-state index is 12.7. The van der Waals surface area contributed by atoms with Gasteiger partial charge in [-0.15, -0.1) is 0 Å². The van der Waals surface area contributed by atoms with Crippen LogP contribution >= 0.6 is 11.6 Å². The predicted octanol–water partition coefficient (Wildman–Crippen LogP) is 5.41. The number of carbonyl (C=O) groups excluding carboxylic acids is 2. The van der Waals surface area contributed by atoms with E-state index in [0.29, 0.717) is 33.0 Å². The zero-order chi connectivity index (χ0) is 27.8. The van der Waals surface area contributed by atoms with Crippen molar-refractivity contribution in [3.05, 3.63) is 112 Å². The zero-order valence-corrected chi connectivity index (χ0v) is 21.7. The van der Waals surface area contributed by atoms with Gasteiger partial charge < -0.3 is 25.0 Å². The standard InChI is InChI=1S/C29H26ClN3O6/c1-18(23-9-5-6-10-24(23)30)39-29(37)31-16-22-17-38-33-26(22)20-11-13-21(14-12-20)27(34)32-25(28(35)36)15-19-7-3-2-4-8-19/h2-14,17-18,25H,15-16H2,1H3,(H,31,37)(H,32,34)(H,35,36). The summed E-state index contributed by atoms with van der Waals surface area (Å²) in [6.45, 7) is 1.82. The monoisotopic (exact) mass is 547 g/mol. The van der Waals surface area contributed by atoms with E-state index in [0.717, 1.165) is 5.56 Å². The third-order valence-electron chi connectivity index (χ3n) is 6.00. The van der Waals surface area contributed by atoms with Gasteiger partial charge in [-0.3, -0.25) is 4.79 Å².